The molecular formula is C14H21N3. The van der Waals surface area contributed by atoms with Crippen molar-refractivity contribution in [2.24, 2.45) is 5.41 Å². The number of rotatable bonds is 4. The van der Waals surface area contributed by atoms with Gasteiger partial charge in [-0.25, -0.2) is 0 Å². The van der Waals surface area contributed by atoms with Gasteiger partial charge in [0.25, 0.3) is 0 Å². The van der Waals surface area contributed by atoms with Gasteiger partial charge in [0.05, 0.1) is 6.20 Å². The van der Waals surface area contributed by atoms with Crippen molar-refractivity contribution in [3.05, 3.63) is 24.0 Å². The third-order valence-corrected chi connectivity index (χ3v) is 2.23. The molecule has 0 amide bonds. The van der Waals surface area contributed by atoms with Crippen LogP contribution in [0, 0.1) is 17.3 Å². The highest BCUT2D eigenvalue weighted by Crippen LogP contribution is 2.15. The maximum Gasteiger partial charge on any atom is 0.0544 e. The van der Waals surface area contributed by atoms with Crippen LogP contribution in [0.4, 0.5) is 0 Å². The summed E-state index contributed by atoms with van der Waals surface area (Å²) in [7, 11) is 0. The lowest BCUT2D eigenvalue weighted by atomic mass is 9.97. The van der Waals surface area contributed by atoms with E-state index in [0.717, 1.165) is 18.5 Å². The van der Waals surface area contributed by atoms with E-state index in [2.05, 4.69) is 55.0 Å². The van der Waals surface area contributed by atoms with E-state index in [-0.39, 0.29) is 11.5 Å². The second-order valence-corrected chi connectivity index (χ2v) is 5.04. The smallest absolute Gasteiger partial charge is 0.0544 e. The molecule has 0 aliphatic rings. The summed E-state index contributed by atoms with van der Waals surface area (Å²) < 4.78 is 0. The molecule has 1 aromatic heterocycles. The lowest BCUT2D eigenvalue weighted by molar-refractivity contribution is 0.552. The molecule has 0 aliphatic heterocycles. The molecule has 0 aromatic carbocycles. The second kappa shape index (κ2) is 6.36. The standard InChI is InChI=1S/C14H21N3/c1-5-15-13(7-6-9-14(2,3)4)12-8-10-16-17-11-12/h8,10-11,13,15H,5,7H2,1-4H3. The Morgan fingerprint density at radius 3 is 2.65 bits per heavy atom. The Balaban J connectivity index is 2.70. The summed E-state index contributed by atoms with van der Waals surface area (Å²) in [5, 5.41) is 11.1. The molecule has 1 unspecified atom stereocenters. The molecule has 0 spiro atoms. The second-order valence-electron chi connectivity index (χ2n) is 5.04. The van der Waals surface area contributed by atoms with Gasteiger partial charge >= 0.3 is 0 Å². The number of nitrogens with zero attached hydrogens (tertiary/aromatic N) is 2. The maximum atomic E-state index is 3.91. The van der Waals surface area contributed by atoms with Crippen LogP contribution in [0.5, 0.6) is 0 Å². The predicted molar refractivity (Wildman–Crippen MR) is 70.3 cm³/mol. The number of nitrogens with one attached hydrogen (secondary N) is 1. The molecule has 0 bridgehead atoms. The van der Waals surface area contributed by atoms with Gasteiger partial charge in [0.1, 0.15) is 0 Å². The van der Waals surface area contributed by atoms with E-state index in [4.69, 9.17) is 0 Å². The van der Waals surface area contributed by atoms with Gasteiger partial charge in [-0.1, -0.05) is 12.8 Å². The molecule has 3 heteroatoms. The van der Waals surface area contributed by atoms with Gasteiger partial charge in [-0.2, -0.15) is 10.2 Å². The molecular weight excluding hydrogens is 210 g/mol. The van der Waals surface area contributed by atoms with Crippen LogP contribution in [0.1, 0.15) is 45.7 Å². The van der Waals surface area contributed by atoms with Crippen LogP contribution in [0.15, 0.2) is 18.5 Å². The van der Waals surface area contributed by atoms with Crippen molar-refractivity contribution in [3.8, 4) is 11.8 Å². The van der Waals surface area contributed by atoms with E-state index in [1.807, 2.05) is 6.07 Å². The predicted octanol–water partition coefficient (Wildman–Crippen LogP) is 2.57. The molecule has 1 rings (SSSR count). The maximum absolute atomic E-state index is 3.91. The fourth-order valence-electron chi connectivity index (χ4n) is 1.48. The minimum absolute atomic E-state index is 0.0628. The van der Waals surface area contributed by atoms with Crippen LogP contribution in [-0.4, -0.2) is 16.7 Å². The average Bonchev–Trinajstić information content (AvgIpc) is 2.27. The normalized spacial score (nSPS) is 12.7. The van der Waals surface area contributed by atoms with Gasteiger partial charge < -0.3 is 5.32 Å². The van der Waals surface area contributed by atoms with Crippen molar-refractivity contribution < 1.29 is 0 Å². The molecule has 0 saturated heterocycles. The zero-order chi connectivity index (χ0) is 12.7. The summed E-state index contributed by atoms with van der Waals surface area (Å²) in [5.74, 6) is 6.50. The Hall–Kier alpha value is -1.40. The molecule has 92 valence electrons. The van der Waals surface area contributed by atoms with Crippen LogP contribution in [0.2, 0.25) is 0 Å². The molecule has 0 fully saturated rings. The highest BCUT2D eigenvalue weighted by Gasteiger charge is 2.09. The Morgan fingerprint density at radius 1 is 1.35 bits per heavy atom. The summed E-state index contributed by atoms with van der Waals surface area (Å²) >= 11 is 0. The van der Waals surface area contributed by atoms with Crippen molar-refractivity contribution in [1.29, 1.82) is 0 Å². The zero-order valence-electron chi connectivity index (χ0n) is 11.1. The van der Waals surface area contributed by atoms with Gasteiger partial charge in [0.2, 0.25) is 0 Å². The van der Waals surface area contributed by atoms with Crippen molar-refractivity contribution in [2.75, 3.05) is 6.54 Å². The lowest BCUT2D eigenvalue weighted by Gasteiger charge is -2.15. The zero-order valence-corrected chi connectivity index (χ0v) is 11.1. The van der Waals surface area contributed by atoms with Gasteiger partial charge in [0, 0.05) is 24.1 Å². The number of hydrogen-bond acceptors (Lipinski definition) is 3. The first-order valence-corrected chi connectivity index (χ1v) is 6.03. The third-order valence-electron chi connectivity index (χ3n) is 2.23. The van der Waals surface area contributed by atoms with E-state index < -0.39 is 0 Å². The number of hydrogen-bond donors (Lipinski definition) is 1. The van der Waals surface area contributed by atoms with Crippen molar-refractivity contribution in [2.45, 2.75) is 40.2 Å². The Bertz CT molecular complexity index is 381. The van der Waals surface area contributed by atoms with Crippen LogP contribution in [0.25, 0.3) is 0 Å². The monoisotopic (exact) mass is 231 g/mol. The largest absolute Gasteiger partial charge is 0.309 e. The molecule has 1 aromatic rings. The first-order chi connectivity index (χ1) is 8.03. The minimum atomic E-state index is 0.0628. The first kappa shape index (κ1) is 13.7. The summed E-state index contributed by atoms with van der Waals surface area (Å²) in [4.78, 5) is 0. The molecule has 1 N–H and O–H groups in total. The summed E-state index contributed by atoms with van der Waals surface area (Å²) in [6, 6.07) is 2.23. The van der Waals surface area contributed by atoms with Crippen LogP contribution in [-0.2, 0) is 0 Å². The topological polar surface area (TPSA) is 37.8 Å². The number of aromatic nitrogens is 2. The SMILES string of the molecule is CCNC(CC#CC(C)(C)C)c1ccnnc1. The van der Waals surface area contributed by atoms with E-state index in [9.17, 15) is 0 Å². The van der Waals surface area contributed by atoms with Gasteiger partial charge in [-0.05, 0) is 38.9 Å². The van der Waals surface area contributed by atoms with Crippen molar-refractivity contribution in [3.63, 3.8) is 0 Å². The Kier molecular flexibility index (Phi) is 5.11. The summed E-state index contributed by atoms with van der Waals surface area (Å²) in [6.45, 7) is 9.38. The molecule has 1 atom stereocenters. The average molecular weight is 231 g/mol. The molecule has 0 radical (unpaired) electrons. The molecule has 0 aliphatic carbocycles. The van der Waals surface area contributed by atoms with E-state index in [0.29, 0.717) is 0 Å². The highest BCUT2D eigenvalue weighted by molar-refractivity contribution is 5.16. The van der Waals surface area contributed by atoms with E-state index in [1.165, 1.54) is 0 Å². The van der Waals surface area contributed by atoms with Gasteiger partial charge in [-0.15, -0.1) is 5.92 Å². The quantitative estimate of drug-likeness (QED) is 0.809. The minimum Gasteiger partial charge on any atom is -0.309 e. The van der Waals surface area contributed by atoms with Crippen LogP contribution < -0.4 is 5.32 Å². The molecule has 3 nitrogen and oxygen atoms in total. The van der Waals surface area contributed by atoms with Crippen LogP contribution >= 0.6 is 0 Å². The molecule has 1 heterocycles. The molecule has 0 saturated carbocycles. The summed E-state index contributed by atoms with van der Waals surface area (Å²) in [5.41, 5.74) is 1.21. The van der Waals surface area contributed by atoms with Gasteiger partial charge in [-0.3, -0.25) is 0 Å². The van der Waals surface area contributed by atoms with Gasteiger partial charge in [0.15, 0.2) is 0 Å². The summed E-state index contributed by atoms with van der Waals surface area (Å²) in [6.07, 6.45) is 4.32. The first-order valence-electron chi connectivity index (χ1n) is 6.03. The Morgan fingerprint density at radius 2 is 2.12 bits per heavy atom. The van der Waals surface area contributed by atoms with Crippen molar-refractivity contribution in [1.82, 2.24) is 15.5 Å². The Labute approximate surface area is 104 Å². The highest BCUT2D eigenvalue weighted by atomic mass is 15.1. The van der Waals surface area contributed by atoms with Crippen molar-refractivity contribution >= 4 is 0 Å². The fourth-order valence-corrected chi connectivity index (χ4v) is 1.48. The fraction of sp³-hybridized carbons (Fsp3) is 0.571. The third kappa shape index (κ3) is 5.46. The van der Waals surface area contributed by atoms with Crippen LogP contribution in [0.3, 0.4) is 0 Å². The van der Waals surface area contributed by atoms with E-state index >= 15 is 0 Å². The molecule has 17 heavy (non-hydrogen) atoms. The lowest BCUT2D eigenvalue weighted by Crippen LogP contribution is -2.20. The van der Waals surface area contributed by atoms with E-state index in [1.54, 1.807) is 12.4 Å².